The Bertz CT molecular complexity index is 721. The van der Waals surface area contributed by atoms with E-state index in [1.807, 2.05) is 32.0 Å². The Hall–Kier alpha value is -2.82. The van der Waals surface area contributed by atoms with Gasteiger partial charge < -0.3 is 15.7 Å². The summed E-state index contributed by atoms with van der Waals surface area (Å²) >= 11 is 0. The van der Waals surface area contributed by atoms with Crippen molar-refractivity contribution in [2.75, 3.05) is 10.6 Å². The average molecular weight is 284 g/mol. The van der Waals surface area contributed by atoms with Crippen LogP contribution in [0.25, 0.3) is 0 Å². The van der Waals surface area contributed by atoms with Crippen LogP contribution >= 0.6 is 0 Å². The van der Waals surface area contributed by atoms with Gasteiger partial charge in [-0.05, 0) is 49.2 Å². The number of rotatable bonds is 2. The Morgan fingerprint density at radius 2 is 1.57 bits per heavy atom. The zero-order chi connectivity index (χ0) is 15.4. The van der Waals surface area contributed by atoms with E-state index in [9.17, 15) is 14.7 Å². The van der Waals surface area contributed by atoms with Gasteiger partial charge in [0.1, 0.15) is 0 Å². The number of amides is 2. The van der Waals surface area contributed by atoms with Gasteiger partial charge >= 0.3 is 6.03 Å². The topological polar surface area (TPSA) is 78.4 Å². The van der Waals surface area contributed by atoms with Gasteiger partial charge in [-0.3, -0.25) is 4.79 Å². The van der Waals surface area contributed by atoms with Gasteiger partial charge in [0, 0.05) is 11.4 Å². The molecule has 2 rings (SSSR count). The highest BCUT2D eigenvalue weighted by molar-refractivity contribution is 6.00. The van der Waals surface area contributed by atoms with Gasteiger partial charge in [-0.2, -0.15) is 0 Å². The number of hydrogen-bond acceptors (Lipinski definition) is 3. The fourth-order valence-electron chi connectivity index (χ4n) is 1.93. The predicted molar refractivity (Wildman–Crippen MR) is 82.9 cm³/mol. The molecule has 108 valence electrons. The minimum atomic E-state index is -0.502. The number of nitrogens with one attached hydrogen (secondary N) is 2. The lowest BCUT2D eigenvalue weighted by Gasteiger charge is -2.12. The van der Waals surface area contributed by atoms with E-state index in [1.165, 1.54) is 24.3 Å². The summed E-state index contributed by atoms with van der Waals surface area (Å²) in [6.07, 6.45) is 0. The highest BCUT2D eigenvalue weighted by atomic mass is 16.3. The van der Waals surface area contributed by atoms with Crippen molar-refractivity contribution in [2.24, 2.45) is 0 Å². The molecule has 21 heavy (non-hydrogen) atoms. The molecular weight excluding hydrogens is 268 g/mol. The maximum atomic E-state index is 12.0. The van der Waals surface area contributed by atoms with E-state index >= 15 is 0 Å². The molecule has 5 heteroatoms. The first kappa shape index (κ1) is 14.6. The van der Waals surface area contributed by atoms with Crippen LogP contribution in [0.15, 0.2) is 47.3 Å². The minimum absolute atomic E-state index is 0.363. The summed E-state index contributed by atoms with van der Waals surface area (Å²) in [5.74, 6) is -0.363. The van der Waals surface area contributed by atoms with E-state index in [2.05, 4.69) is 10.6 Å². The molecule has 0 spiro atoms. The standard InChI is InChI=1S/C16H16N2O3/c1-10-4-3-5-11(2)15(10)18-16(21)17-12-6-8-13(19)14(20)9-7-12/h3-9H,1-2H3,(H,19,20)(H2,17,18,21). The molecule has 3 N–H and O–H groups in total. The quantitative estimate of drug-likeness (QED) is 0.793. The number of carbonyl (C=O) groups excluding carboxylic acids is 1. The molecule has 0 aromatic heterocycles. The van der Waals surface area contributed by atoms with Gasteiger partial charge in [-0.25, -0.2) is 4.79 Å². The number of urea groups is 1. The maximum absolute atomic E-state index is 12.0. The molecule has 0 aliphatic carbocycles. The molecule has 0 aliphatic rings. The van der Waals surface area contributed by atoms with Crippen molar-refractivity contribution < 1.29 is 9.90 Å². The second-order valence-electron chi connectivity index (χ2n) is 4.72. The first-order valence-corrected chi connectivity index (χ1v) is 6.45. The number of carbonyl (C=O) groups is 1. The molecular formula is C16H16N2O3. The SMILES string of the molecule is Cc1cccc(C)c1NC(=O)Nc1ccc(O)c(=O)cc1. The summed E-state index contributed by atoms with van der Waals surface area (Å²) in [5, 5.41) is 14.7. The van der Waals surface area contributed by atoms with Crippen molar-refractivity contribution in [1.29, 1.82) is 0 Å². The third kappa shape index (κ3) is 3.60. The third-order valence-electron chi connectivity index (χ3n) is 3.07. The molecule has 5 nitrogen and oxygen atoms in total. The van der Waals surface area contributed by atoms with Crippen LogP contribution < -0.4 is 16.1 Å². The van der Waals surface area contributed by atoms with Gasteiger partial charge in [0.25, 0.3) is 0 Å². The Morgan fingerprint density at radius 3 is 2.24 bits per heavy atom. The van der Waals surface area contributed by atoms with Crippen LogP contribution in [0.4, 0.5) is 16.2 Å². The number of aryl methyl sites for hydroxylation is 2. The molecule has 0 bridgehead atoms. The number of hydrogen-bond donors (Lipinski definition) is 3. The van der Waals surface area contributed by atoms with Crippen LogP contribution in [0, 0.1) is 13.8 Å². The smallest absolute Gasteiger partial charge is 0.323 e. The lowest BCUT2D eigenvalue weighted by Crippen LogP contribution is -2.20. The second kappa shape index (κ2) is 6.09. The largest absolute Gasteiger partial charge is 0.504 e. The van der Waals surface area contributed by atoms with Gasteiger partial charge in [-0.1, -0.05) is 18.2 Å². The second-order valence-corrected chi connectivity index (χ2v) is 4.72. The minimum Gasteiger partial charge on any atom is -0.504 e. The van der Waals surface area contributed by atoms with E-state index in [4.69, 9.17) is 0 Å². The molecule has 0 radical (unpaired) electrons. The number of benzene rings is 1. The lowest BCUT2D eigenvalue weighted by atomic mass is 10.1. The molecule has 0 fully saturated rings. The predicted octanol–water partition coefficient (Wildman–Crippen LogP) is 3.01. The summed E-state index contributed by atoms with van der Waals surface area (Å²) in [4.78, 5) is 23.3. The maximum Gasteiger partial charge on any atom is 0.323 e. The van der Waals surface area contributed by atoms with Gasteiger partial charge in [0.15, 0.2) is 5.75 Å². The fourth-order valence-corrected chi connectivity index (χ4v) is 1.93. The van der Waals surface area contributed by atoms with Crippen LogP contribution in [-0.2, 0) is 0 Å². The summed E-state index contributed by atoms with van der Waals surface area (Å²) in [6.45, 7) is 3.82. The zero-order valence-corrected chi connectivity index (χ0v) is 11.8. The first-order chi connectivity index (χ1) is 9.97. The number of aromatic hydroxyl groups is 1. The van der Waals surface area contributed by atoms with Crippen molar-refractivity contribution in [2.45, 2.75) is 13.8 Å². The van der Waals surface area contributed by atoms with Gasteiger partial charge in [-0.15, -0.1) is 0 Å². The van der Waals surface area contributed by atoms with Crippen LogP contribution in [0.5, 0.6) is 5.75 Å². The summed E-state index contributed by atoms with van der Waals surface area (Å²) in [7, 11) is 0. The van der Waals surface area contributed by atoms with E-state index in [1.54, 1.807) is 0 Å². The van der Waals surface area contributed by atoms with E-state index in [-0.39, 0.29) is 5.75 Å². The lowest BCUT2D eigenvalue weighted by molar-refractivity contribution is 0.262. The highest BCUT2D eigenvalue weighted by Crippen LogP contribution is 2.19. The van der Waals surface area contributed by atoms with Crippen LogP contribution in [-0.4, -0.2) is 11.1 Å². The van der Waals surface area contributed by atoms with Crippen LogP contribution in [0.1, 0.15) is 11.1 Å². The Balaban J connectivity index is 2.16. The highest BCUT2D eigenvalue weighted by Gasteiger charge is 2.07. The third-order valence-corrected chi connectivity index (χ3v) is 3.07. The van der Waals surface area contributed by atoms with E-state index in [0.29, 0.717) is 5.69 Å². The molecule has 0 unspecified atom stereocenters. The summed E-state index contributed by atoms with van der Waals surface area (Å²) in [5.41, 5.74) is 2.59. The molecule has 0 saturated heterocycles. The molecule has 0 saturated carbocycles. The number of anilines is 2. The van der Waals surface area contributed by atoms with Crippen molar-refractivity contribution in [1.82, 2.24) is 0 Å². The zero-order valence-electron chi connectivity index (χ0n) is 11.8. The van der Waals surface area contributed by atoms with Crippen LogP contribution in [0.2, 0.25) is 0 Å². The summed E-state index contributed by atoms with van der Waals surface area (Å²) in [6, 6.07) is 10.7. The van der Waals surface area contributed by atoms with E-state index < -0.39 is 11.5 Å². The fraction of sp³-hybridized carbons (Fsp3) is 0.125. The first-order valence-electron chi connectivity index (χ1n) is 6.45. The van der Waals surface area contributed by atoms with Crippen molar-refractivity contribution in [3.05, 3.63) is 63.8 Å². The van der Waals surface area contributed by atoms with Crippen molar-refractivity contribution in [3.63, 3.8) is 0 Å². The Labute approximate surface area is 122 Å². The molecule has 2 aromatic carbocycles. The van der Waals surface area contributed by atoms with Gasteiger partial charge in [0.05, 0.1) is 0 Å². The van der Waals surface area contributed by atoms with Crippen molar-refractivity contribution in [3.8, 4) is 5.75 Å². The molecule has 2 amide bonds. The van der Waals surface area contributed by atoms with E-state index in [0.717, 1.165) is 16.8 Å². The van der Waals surface area contributed by atoms with Gasteiger partial charge in [0.2, 0.25) is 5.43 Å². The molecule has 0 heterocycles. The Kier molecular flexibility index (Phi) is 4.23. The summed E-state index contributed by atoms with van der Waals surface area (Å²) < 4.78 is 0. The van der Waals surface area contributed by atoms with Crippen LogP contribution in [0.3, 0.4) is 0 Å². The molecule has 0 atom stereocenters. The Morgan fingerprint density at radius 1 is 0.952 bits per heavy atom. The average Bonchev–Trinajstić information content (AvgIpc) is 2.59. The normalized spacial score (nSPS) is 10.0. The molecule has 0 aliphatic heterocycles. The number of para-hydroxylation sites is 1. The van der Waals surface area contributed by atoms with Crippen molar-refractivity contribution >= 4 is 17.4 Å². The molecule has 2 aromatic rings. The monoisotopic (exact) mass is 284 g/mol.